The van der Waals surface area contributed by atoms with Crippen LogP contribution in [0.5, 0.6) is 0 Å². The first-order valence-corrected chi connectivity index (χ1v) is 8.18. The van der Waals surface area contributed by atoms with Crippen molar-refractivity contribution in [2.75, 3.05) is 17.7 Å². The van der Waals surface area contributed by atoms with E-state index in [1.807, 2.05) is 0 Å². The molecule has 0 bridgehead atoms. The zero-order chi connectivity index (χ0) is 19.6. The lowest BCUT2D eigenvalue weighted by molar-refractivity contribution is -0.117. The van der Waals surface area contributed by atoms with Crippen LogP contribution in [0.4, 0.5) is 20.2 Å². The largest absolute Gasteiger partial charge is 0.465 e. The lowest BCUT2D eigenvalue weighted by Crippen LogP contribution is -2.16. The molecule has 6 nitrogen and oxygen atoms in total. The second-order valence-electron chi connectivity index (χ2n) is 6.10. The van der Waals surface area contributed by atoms with E-state index < -0.39 is 29.1 Å². The first kappa shape index (κ1) is 18.5. The summed E-state index contributed by atoms with van der Waals surface area (Å²) in [4.78, 5) is 35.5. The van der Waals surface area contributed by atoms with E-state index >= 15 is 0 Å². The Morgan fingerprint density at radius 3 is 2.26 bits per heavy atom. The number of methoxy groups -OCH3 is 1. The predicted molar refractivity (Wildman–Crippen MR) is 93.4 cm³/mol. The van der Waals surface area contributed by atoms with Gasteiger partial charge in [-0.05, 0) is 43.2 Å². The molecule has 1 aliphatic rings. The van der Waals surface area contributed by atoms with Crippen molar-refractivity contribution in [3.63, 3.8) is 0 Å². The van der Waals surface area contributed by atoms with Gasteiger partial charge in [-0.15, -0.1) is 0 Å². The number of anilines is 2. The van der Waals surface area contributed by atoms with Crippen molar-refractivity contribution >= 4 is 29.2 Å². The molecule has 1 saturated carbocycles. The molecule has 2 aromatic rings. The molecule has 3 rings (SSSR count). The summed E-state index contributed by atoms with van der Waals surface area (Å²) in [6.07, 6.45) is 1.76. The summed E-state index contributed by atoms with van der Waals surface area (Å²) in [6, 6.07) is 7.39. The number of rotatable bonds is 5. The Balaban J connectivity index is 1.73. The number of ether oxygens (including phenoxy) is 1. The highest BCUT2D eigenvalue weighted by atomic mass is 19.1. The van der Waals surface area contributed by atoms with Gasteiger partial charge in [0.05, 0.1) is 18.4 Å². The van der Waals surface area contributed by atoms with Gasteiger partial charge in [-0.1, -0.05) is 0 Å². The van der Waals surface area contributed by atoms with Crippen LogP contribution < -0.4 is 10.6 Å². The van der Waals surface area contributed by atoms with Crippen molar-refractivity contribution in [3.05, 3.63) is 59.2 Å². The van der Waals surface area contributed by atoms with Gasteiger partial charge in [0.2, 0.25) is 5.91 Å². The van der Waals surface area contributed by atoms with Crippen LogP contribution in [-0.4, -0.2) is 24.9 Å². The smallest absolute Gasteiger partial charge is 0.340 e. The Labute approximate surface area is 153 Å². The maximum atomic E-state index is 13.9. The number of carbonyl (C=O) groups excluding carboxylic acids is 3. The molecule has 140 valence electrons. The Bertz CT molecular complexity index is 909. The molecule has 0 saturated heterocycles. The zero-order valence-corrected chi connectivity index (χ0v) is 14.3. The Morgan fingerprint density at radius 1 is 1.00 bits per heavy atom. The Morgan fingerprint density at radius 2 is 1.67 bits per heavy atom. The summed E-state index contributed by atoms with van der Waals surface area (Å²) in [6.45, 7) is 0. The van der Waals surface area contributed by atoms with Gasteiger partial charge in [-0.25, -0.2) is 13.6 Å². The van der Waals surface area contributed by atoms with Gasteiger partial charge in [0, 0.05) is 23.2 Å². The number of benzene rings is 2. The van der Waals surface area contributed by atoms with Crippen molar-refractivity contribution < 1.29 is 27.9 Å². The molecular formula is C19H16F2N2O4. The lowest BCUT2D eigenvalue weighted by atomic mass is 10.1. The van der Waals surface area contributed by atoms with E-state index in [0.717, 1.165) is 26.0 Å². The fourth-order valence-corrected chi connectivity index (χ4v) is 2.40. The standard InChI is InChI=1S/C19H16F2N2O4/c1-27-19(26)13-8-16(15(21)9-14(13)20)23-18(25)11-4-6-12(7-5-11)22-17(24)10-2-3-10/h4-10H,2-3H2,1H3,(H,22,24)(H,23,25). The molecular weight excluding hydrogens is 358 g/mol. The average Bonchev–Trinajstić information content (AvgIpc) is 3.49. The van der Waals surface area contributed by atoms with Gasteiger partial charge >= 0.3 is 5.97 Å². The third-order valence-corrected chi connectivity index (χ3v) is 4.07. The van der Waals surface area contributed by atoms with E-state index in [1.165, 1.54) is 12.1 Å². The number of amides is 2. The van der Waals surface area contributed by atoms with Gasteiger partial charge in [0.25, 0.3) is 5.91 Å². The molecule has 2 N–H and O–H groups in total. The van der Waals surface area contributed by atoms with Gasteiger partial charge < -0.3 is 15.4 Å². The van der Waals surface area contributed by atoms with Gasteiger partial charge in [-0.3, -0.25) is 9.59 Å². The number of nitrogens with one attached hydrogen (secondary N) is 2. The first-order valence-electron chi connectivity index (χ1n) is 8.18. The van der Waals surface area contributed by atoms with Crippen LogP contribution in [0.2, 0.25) is 0 Å². The van der Waals surface area contributed by atoms with Crippen molar-refractivity contribution in [2.45, 2.75) is 12.8 Å². The second-order valence-corrected chi connectivity index (χ2v) is 6.10. The summed E-state index contributed by atoms with van der Waals surface area (Å²) in [7, 11) is 1.06. The molecule has 0 atom stereocenters. The number of halogens is 2. The highest BCUT2D eigenvalue weighted by molar-refractivity contribution is 6.05. The number of esters is 1. The third kappa shape index (κ3) is 4.28. The molecule has 1 aliphatic carbocycles. The topological polar surface area (TPSA) is 84.5 Å². The minimum absolute atomic E-state index is 0.0541. The number of carbonyl (C=O) groups is 3. The predicted octanol–water partition coefficient (Wildman–Crippen LogP) is 3.35. The van der Waals surface area contributed by atoms with Crippen LogP contribution in [0.1, 0.15) is 33.6 Å². The zero-order valence-electron chi connectivity index (χ0n) is 14.3. The summed E-state index contributed by atoms with van der Waals surface area (Å²) >= 11 is 0. The van der Waals surface area contributed by atoms with Crippen LogP contribution in [0, 0.1) is 17.6 Å². The molecule has 0 aliphatic heterocycles. The van der Waals surface area contributed by atoms with E-state index in [-0.39, 0.29) is 23.1 Å². The maximum Gasteiger partial charge on any atom is 0.340 e. The number of hydrogen-bond donors (Lipinski definition) is 2. The van der Waals surface area contributed by atoms with Gasteiger partial charge in [0.15, 0.2) is 0 Å². The van der Waals surface area contributed by atoms with Crippen LogP contribution in [0.3, 0.4) is 0 Å². The molecule has 27 heavy (non-hydrogen) atoms. The minimum Gasteiger partial charge on any atom is -0.465 e. The maximum absolute atomic E-state index is 13.9. The monoisotopic (exact) mass is 374 g/mol. The molecule has 2 aromatic carbocycles. The second kappa shape index (κ2) is 7.53. The summed E-state index contributed by atoms with van der Waals surface area (Å²) in [5.74, 6) is -3.76. The highest BCUT2D eigenvalue weighted by Gasteiger charge is 2.29. The molecule has 0 heterocycles. The molecule has 0 unspecified atom stereocenters. The molecule has 0 spiro atoms. The molecule has 0 aromatic heterocycles. The van der Waals surface area contributed by atoms with Crippen molar-refractivity contribution in [3.8, 4) is 0 Å². The number of hydrogen-bond acceptors (Lipinski definition) is 4. The van der Waals surface area contributed by atoms with Crippen molar-refractivity contribution in [1.29, 1.82) is 0 Å². The summed E-state index contributed by atoms with van der Waals surface area (Å²) in [5, 5.41) is 5.02. The van der Waals surface area contributed by atoms with Crippen LogP contribution in [0.25, 0.3) is 0 Å². The normalized spacial score (nSPS) is 13.0. The van der Waals surface area contributed by atoms with E-state index in [4.69, 9.17) is 0 Å². The van der Waals surface area contributed by atoms with Crippen LogP contribution >= 0.6 is 0 Å². The fourth-order valence-electron chi connectivity index (χ4n) is 2.40. The molecule has 8 heteroatoms. The van der Waals surface area contributed by atoms with Gasteiger partial charge in [-0.2, -0.15) is 0 Å². The van der Waals surface area contributed by atoms with Crippen molar-refractivity contribution in [2.24, 2.45) is 5.92 Å². The van der Waals surface area contributed by atoms with Crippen LogP contribution in [-0.2, 0) is 9.53 Å². The Kier molecular flexibility index (Phi) is 5.16. The lowest BCUT2D eigenvalue weighted by Gasteiger charge is -2.10. The molecule has 0 radical (unpaired) electrons. The third-order valence-electron chi connectivity index (χ3n) is 4.07. The average molecular weight is 374 g/mol. The Hall–Kier alpha value is -3.29. The van der Waals surface area contributed by atoms with Gasteiger partial charge in [0.1, 0.15) is 11.6 Å². The van der Waals surface area contributed by atoms with E-state index in [1.54, 1.807) is 12.1 Å². The van der Waals surface area contributed by atoms with E-state index in [0.29, 0.717) is 11.8 Å². The van der Waals surface area contributed by atoms with E-state index in [9.17, 15) is 23.2 Å². The quantitative estimate of drug-likeness (QED) is 0.786. The minimum atomic E-state index is -1.09. The summed E-state index contributed by atoms with van der Waals surface area (Å²) in [5.41, 5.74) is -0.104. The summed E-state index contributed by atoms with van der Waals surface area (Å²) < 4.78 is 32.0. The molecule has 1 fully saturated rings. The van der Waals surface area contributed by atoms with E-state index in [2.05, 4.69) is 15.4 Å². The van der Waals surface area contributed by atoms with Crippen molar-refractivity contribution in [1.82, 2.24) is 0 Å². The fraction of sp³-hybridized carbons (Fsp3) is 0.211. The van der Waals surface area contributed by atoms with Crippen LogP contribution in [0.15, 0.2) is 36.4 Å². The first-order chi connectivity index (χ1) is 12.9. The SMILES string of the molecule is COC(=O)c1cc(NC(=O)c2ccc(NC(=O)C3CC3)cc2)c(F)cc1F. The highest BCUT2D eigenvalue weighted by Crippen LogP contribution is 2.30. The molecule has 2 amide bonds.